The Morgan fingerprint density at radius 2 is 1.82 bits per heavy atom. The molecule has 1 heteroatoms. The molecule has 0 aromatic rings. The van der Waals surface area contributed by atoms with Gasteiger partial charge in [0, 0.05) is 12.1 Å². The van der Waals surface area contributed by atoms with E-state index in [2.05, 4.69) is 25.8 Å². The van der Waals surface area contributed by atoms with Gasteiger partial charge in [-0.15, -0.1) is 0 Å². The summed E-state index contributed by atoms with van der Waals surface area (Å²) in [4.78, 5) is 2.59. The fraction of sp³-hybridized carbons (Fsp3) is 1.00. The van der Waals surface area contributed by atoms with Gasteiger partial charge in [0.1, 0.15) is 0 Å². The molecule has 0 aromatic heterocycles. The topological polar surface area (TPSA) is 3.24 Å². The first kappa shape index (κ1) is 7.60. The molecule has 1 spiro atoms. The van der Waals surface area contributed by atoms with Crippen molar-refractivity contribution < 1.29 is 0 Å². The first-order valence-corrected chi connectivity index (χ1v) is 4.85. The second kappa shape index (κ2) is 2.22. The molecule has 0 amide bonds. The lowest BCUT2D eigenvalue weighted by Gasteiger charge is -2.40. The summed E-state index contributed by atoms with van der Waals surface area (Å²) in [6.45, 7) is 6.12. The molecular weight excluding hydrogens is 134 g/mol. The van der Waals surface area contributed by atoms with Gasteiger partial charge in [-0.1, -0.05) is 13.8 Å². The Labute approximate surface area is 69.8 Å². The fourth-order valence-electron chi connectivity index (χ4n) is 2.49. The number of piperidine rings is 1. The maximum atomic E-state index is 2.59. The van der Waals surface area contributed by atoms with E-state index in [1.807, 2.05) is 0 Å². The highest BCUT2D eigenvalue weighted by Crippen LogP contribution is 2.50. The van der Waals surface area contributed by atoms with Gasteiger partial charge in [-0.25, -0.2) is 0 Å². The van der Waals surface area contributed by atoms with E-state index in [1.54, 1.807) is 0 Å². The third-order valence-electron chi connectivity index (χ3n) is 3.87. The van der Waals surface area contributed by atoms with Crippen molar-refractivity contribution in [3.05, 3.63) is 0 Å². The lowest BCUT2D eigenvalue weighted by atomic mass is 9.83. The van der Waals surface area contributed by atoms with Crippen molar-refractivity contribution in [1.82, 2.24) is 4.90 Å². The van der Waals surface area contributed by atoms with Crippen LogP contribution in [0.15, 0.2) is 0 Å². The van der Waals surface area contributed by atoms with Crippen molar-refractivity contribution in [2.24, 2.45) is 11.8 Å². The standard InChI is InChI=1S/C10H19N/c1-8-6-10(4-5-10)11(3)7-9(8)2/h8-9H,4-7H2,1-3H3/t8-,9-/m0/s1. The largest absolute Gasteiger partial charge is 0.300 e. The van der Waals surface area contributed by atoms with Crippen LogP contribution in [0.25, 0.3) is 0 Å². The Bertz CT molecular complexity index is 160. The van der Waals surface area contributed by atoms with Crippen LogP contribution in [-0.2, 0) is 0 Å². The molecule has 2 atom stereocenters. The van der Waals surface area contributed by atoms with Crippen LogP contribution in [0, 0.1) is 11.8 Å². The summed E-state index contributed by atoms with van der Waals surface area (Å²) in [6, 6.07) is 0. The van der Waals surface area contributed by atoms with Gasteiger partial charge in [-0.2, -0.15) is 0 Å². The molecule has 2 aliphatic rings. The van der Waals surface area contributed by atoms with E-state index < -0.39 is 0 Å². The maximum absolute atomic E-state index is 2.59. The van der Waals surface area contributed by atoms with Crippen molar-refractivity contribution >= 4 is 0 Å². The van der Waals surface area contributed by atoms with Gasteiger partial charge in [0.2, 0.25) is 0 Å². The lowest BCUT2D eigenvalue weighted by molar-refractivity contribution is 0.0852. The average molecular weight is 153 g/mol. The first-order chi connectivity index (χ1) is 5.14. The molecule has 1 aliphatic heterocycles. The highest BCUT2D eigenvalue weighted by molar-refractivity contribution is 5.06. The van der Waals surface area contributed by atoms with Crippen LogP contribution >= 0.6 is 0 Å². The number of rotatable bonds is 0. The molecule has 1 saturated carbocycles. The second-order valence-electron chi connectivity index (χ2n) is 4.76. The molecule has 0 aromatic carbocycles. The third kappa shape index (κ3) is 1.10. The van der Waals surface area contributed by atoms with Crippen LogP contribution in [0.5, 0.6) is 0 Å². The zero-order valence-electron chi connectivity index (χ0n) is 7.93. The Balaban J connectivity index is 2.06. The molecule has 1 nitrogen and oxygen atoms in total. The minimum Gasteiger partial charge on any atom is -0.300 e. The van der Waals surface area contributed by atoms with Crippen LogP contribution in [0.3, 0.4) is 0 Å². The molecule has 0 unspecified atom stereocenters. The van der Waals surface area contributed by atoms with Crippen molar-refractivity contribution in [3.63, 3.8) is 0 Å². The second-order valence-corrected chi connectivity index (χ2v) is 4.76. The van der Waals surface area contributed by atoms with E-state index in [-0.39, 0.29) is 0 Å². The van der Waals surface area contributed by atoms with Gasteiger partial charge in [0.05, 0.1) is 0 Å². The van der Waals surface area contributed by atoms with Crippen LogP contribution in [0.2, 0.25) is 0 Å². The van der Waals surface area contributed by atoms with Gasteiger partial charge < -0.3 is 4.90 Å². The van der Waals surface area contributed by atoms with Crippen LogP contribution < -0.4 is 0 Å². The summed E-state index contributed by atoms with van der Waals surface area (Å²) in [7, 11) is 2.30. The van der Waals surface area contributed by atoms with Crippen LogP contribution in [0.1, 0.15) is 33.1 Å². The number of likely N-dealkylation sites (tertiary alicyclic amines) is 1. The maximum Gasteiger partial charge on any atom is 0.0210 e. The van der Waals surface area contributed by atoms with Gasteiger partial charge in [-0.05, 0) is 38.1 Å². The zero-order chi connectivity index (χ0) is 8.06. The minimum atomic E-state index is 0.673. The van der Waals surface area contributed by atoms with E-state index in [9.17, 15) is 0 Å². The number of nitrogens with zero attached hydrogens (tertiary/aromatic N) is 1. The van der Waals surface area contributed by atoms with Crippen molar-refractivity contribution in [2.75, 3.05) is 13.6 Å². The molecule has 0 radical (unpaired) electrons. The lowest BCUT2D eigenvalue weighted by Crippen LogP contribution is -2.45. The quantitative estimate of drug-likeness (QED) is 0.515. The summed E-state index contributed by atoms with van der Waals surface area (Å²) >= 11 is 0. The Kier molecular flexibility index (Phi) is 1.54. The highest BCUT2D eigenvalue weighted by Gasteiger charge is 2.50. The molecule has 1 aliphatic carbocycles. The molecule has 64 valence electrons. The summed E-state index contributed by atoms with van der Waals surface area (Å²) < 4.78 is 0. The summed E-state index contributed by atoms with van der Waals surface area (Å²) in [6.07, 6.45) is 4.37. The third-order valence-corrected chi connectivity index (χ3v) is 3.87. The van der Waals surface area contributed by atoms with Gasteiger partial charge in [0.15, 0.2) is 0 Å². The monoisotopic (exact) mass is 153 g/mol. The molecule has 0 N–H and O–H groups in total. The Hall–Kier alpha value is -0.0400. The summed E-state index contributed by atoms with van der Waals surface area (Å²) in [5.41, 5.74) is 0.673. The Morgan fingerprint density at radius 1 is 1.18 bits per heavy atom. The summed E-state index contributed by atoms with van der Waals surface area (Å²) in [5, 5.41) is 0. The molecule has 0 bridgehead atoms. The van der Waals surface area contributed by atoms with Crippen molar-refractivity contribution in [2.45, 2.75) is 38.6 Å². The number of hydrogen-bond donors (Lipinski definition) is 0. The van der Waals surface area contributed by atoms with E-state index >= 15 is 0 Å². The predicted molar refractivity (Wildman–Crippen MR) is 47.5 cm³/mol. The molecule has 1 heterocycles. The summed E-state index contributed by atoms with van der Waals surface area (Å²) in [5.74, 6) is 1.86. The SMILES string of the molecule is C[C@H]1CN(C)C2(CC2)C[C@@H]1C. The van der Waals surface area contributed by atoms with Gasteiger partial charge in [-0.3, -0.25) is 0 Å². The van der Waals surface area contributed by atoms with Gasteiger partial charge >= 0.3 is 0 Å². The van der Waals surface area contributed by atoms with Gasteiger partial charge in [0.25, 0.3) is 0 Å². The average Bonchev–Trinajstić information content (AvgIpc) is 2.66. The van der Waals surface area contributed by atoms with Crippen molar-refractivity contribution in [1.29, 1.82) is 0 Å². The minimum absolute atomic E-state index is 0.673. The van der Waals surface area contributed by atoms with Crippen molar-refractivity contribution in [3.8, 4) is 0 Å². The van der Waals surface area contributed by atoms with E-state index in [0.717, 1.165) is 11.8 Å². The Morgan fingerprint density at radius 3 is 2.36 bits per heavy atom. The molecule has 2 rings (SSSR count). The fourth-order valence-corrected chi connectivity index (χ4v) is 2.49. The number of hydrogen-bond acceptors (Lipinski definition) is 1. The highest BCUT2D eigenvalue weighted by atomic mass is 15.2. The zero-order valence-corrected chi connectivity index (χ0v) is 7.93. The smallest absolute Gasteiger partial charge is 0.0210 e. The van der Waals surface area contributed by atoms with Crippen LogP contribution in [-0.4, -0.2) is 24.0 Å². The van der Waals surface area contributed by atoms with E-state index in [0.29, 0.717) is 5.54 Å². The molecular formula is C10H19N. The molecule has 2 fully saturated rings. The van der Waals surface area contributed by atoms with E-state index in [1.165, 1.54) is 25.8 Å². The first-order valence-electron chi connectivity index (χ1n) is 4.85. The predicted octanol–water partition coefficient (Wildman–Crippen LogP) is 2.13. The molecule has 1 saturated heterocycles. The van der Waals surface area contributed by atoms with E-state index in [4.69, 9.17) is 0 Å². The molecule has 11 heavy (non-hydrogen) atoms. The van der Waals surface area contributed by atoms with Crippen LogP contribution in [0.4, 0.5) is 0 Å². The normalized spacial score (nSPS) is 42.8.